The fourth-order valence-electron chi connectivity index (χ4n) is 5.47. The molecule has 2 fully saturated rings. The zero-order valence-corrected chi connectivity index (χ0v) is 24.7. The van der Waals surface area contributed by atoms with Gasteiger partial charge in [-0.2, -0.15) is 4.98 Å². The van der Waals surface area contributed by atoms with Crippen LogP contribution in [0.5, 0.6) is 5.75 Å². The molecule has 0 spiro atoms. The van der Waals surface area contributed by atoms with Crippen LogP contribution in [0.2, 0.25) is 0 Å². The number of hydrogen-bond donors (Lipinski definition) is 1. The number of amides is 2. The third kappa shape index (κ3) is 6.89. The number of nitrogens with zero attached hydrogens (tertiary/aromatic N) is 6. The number of anilines is 2. The van der Waals surface area contributed by atoms with E-state index in [0.717, 1.165) is 49.6 Å². The molecular formula is C30H41N7O4. The van der Waals surface area contributed by atoms with Crippen LogP contribution < -0.4 is 10.1 Å². The predicted octanol–water partition coefficient (Wildman–Crippen LogP) is 5.41. The molecule has 0 radical (unpaired) electrons. The highest BCUT2D eigenvalue weighted by atomic mass is 16.6. The third-order valence-corrected chi connectivity index (χ3v) is 7.62. The van der Waals surface area contributed by atoms with Gasteiger partial charge in [-0.3, -0.25) is 4.79 Å². The molecule has 1 aliphatic carbocycles. The zero-order chi connectivity index (χ0) is 29.1. The Morgan fingerprint density at radius 3 is 2.41 bits per heavy atom. The first kappa shape index (κ1) is 28.6. The molecule has 1 aliphatic heterocycles. The SMILES string of the molecule is CN(C)C(=O)c1cc2cnc(Nc3ccc(OCC4CCN(C(=O)OC(C)(C)C)CC4)cn3)nc2n1C1CCCC1. The summed E-state index contributed by atoms with van der Waals surface area (Å²) in [6, 6.07) is 5.86. The van der Waals surface area contributed by atoms with E-state index in [4.69, 9.17) is 14.5 Å². The van der Waals surface area contributed by atoms with Gasteiger partial charge in [-0.25, -0.2) is 14.8 Å². The van der Waals surface area contributed by atoms with Gasteiger partial charge in [0.25, 0.3) is 5.91 Å². The maximum Gasteiger partial charge on any atom is 0.410 e. The van der Waals surface area contributed by atoms with Crippen molar-refractivity contribution in [3.63, 3.8) is 0 Å². The molecule has 41 heavy (non-hydrogen) atoms. The molecule has 11 nitrogen and oxygen atoms in total. The van der Waals surface area contributed by atoms with E-state index >= 15 is 0 Å². The van der Waals surface area contributed by atoms with Gasteiger partial charge in [0, 0.05) is 44.8 Å². The van der Waals surface area contributed by atoms with Crippen molar-refractivity contribution >= 4 is 34.8 Å². The normalized spacial score (nSPS) is 16.7. The molecule has 0 unspecified atom stereocenters. The van der Waals surface area contributed by atoms with Gasteiger partial charge < -0.3 is 29.2 Å². The van der Waals surface area contributed by atoms with Crippen LogP contribution in [0.4, 0.5) is 16.6 Å². The van der Waals surface area contributed by atoms with Gasteiger partial charge in [0.1, 0.15) is 28.5 Å². The van der Waals surface area contributed by atoms with Crippen LogP contribution in [-0.2, 0) is 4.74 Å². The van der Waals surface area contributed by atoms with Crippen LogP contribution in [0.3, 0.4) is 0 Å². The van der Waals surface area contributed by atoms with Gasteiger partial charge >= 0.3 is 6.09 Å². The summed E-state index contributed by atoms with van der Waals surface area (Å²) in [4.78, 5) is 42.4. The average molecular weight is 564 g/mol. The summed E-state index contributed by atoms with van der Waals surface area (Å²) in [6.45, 7) is 7.56. The maximum absolute atomic E-state index is 12.9. The Labute approximate surface area is 241 Å². The van der Waals surface area contributed by atoms with E-state index in [1.165, 1.54) is 0 Å². The average Bonchev–Trinajstić information content (AvgIpc) is 3.59. The lowest BCUT2D eigenvalue weighted by Crippen LogP contribution is -2.42. The van der Waals surface area contributed by atoms with Crippen molar-refractivity contribution in [1.82, 2.24) is 29.3 Å². The Kier molecular flexibility index (Phi) is 8.32. The standard InChI is InChI=1S/C30H41N7O4/c1-30(2,3)41-29(39)36-14-12-20(13-15-36)19-40-23-10-11-25(31-18-23)33-28-32-17-21-16-24(27(38)35(4)5)37(26(21)34-28)22-8-6-7-9-22/h10-11,16-18,20,22H,6-9,12-15,19H2,1-5H3,(H,31,32,33,34). The number of aromatic nitrogens is 4. The van der Waals surface area contributed by atoms with E-state index in [0.29, 0.717) is 48.8 Å². The largest absolute Gasteiger partial charge is 0.492 e. The van der Waals surface area contributed by atoms with Crippen molar-refractivity contribution in [3.05, 3.63) is 36.3 Å². The van der Waals surface area contributed by atoms with Crippen molar-refractivity contribution < 1.29 is 19.1 Å². The van der Waals surface area contributed by atoms with Crippen molar-refractivity contribution in [2.24, 2.45) is 5.92 Å². The Morgan fingerprint density at radius 1 is 1.05 bits per heavy atom. The number of carbonyl (C=O) groups is 2. The van der Waals surface area contributed by atoms with Crippen LogP contribution in [0.15, 0.2) is 30.6 Å². The molecule has 5 rings (SSSR count). The summed E-state index contributed by atoms with van der Waals surface area (Å²) in [5.74, 6) is 2.05. The van der Waals surface area contributed by atoms with Crippen LogP contribution in [0.1, 0.15) is 75.8 Å². The number of likely N-dealkylation sites (tertiary alicyclic amines) is 1. The molecule has 2 amide bonds. The molecule has 2 aliphatic rings. The quantitative estimate of drug-likeness (QED) is 0.406. The molecule has 0 bridgehead atoms. The second kappa shape index (κ2) is 11.9. The van der Waals surface area contributed by atoms with Crippen LogP contribution in [0, 0.1) is 5.92 Å². The minimum Gasteiger partial charge on any atom is -0.492 e. The molecule has 1 saturated heterocycles. The number of piperidine rings is 1. The van der Waals surface area contributed by atoms with Crippen molar-refractivity contribution in [1.29, 1.82) is 0 Å². The topological polar surface area (TPSA) is 115 Å². The number of hydrogen-bond acceptors (Lipinski definition) is 8. The molecule has 1 N–H and O–H groups in total. The van der Waals surface area contributed by atoms with Gasteiger partial charge in [0.05, 0.1) is 12.8 Å². The lowest BCUT2D eigenvalue weighted by molar-refractivity contribution is 0.0164. The summed E-state index contributed by atoms with van der Waals surface area (Å²) in [7, 11) is 3.54. The zero-order valence-electron chi connectivity index (χ0n) is 24.7. The molecule has 3 aromatic heterocycles. The molecule has 1 saturated carbocycles. The van der Waals surface area contributed by atoms with Crippen LogP contribution >= 0.6 is 0 Å². The first-order chi connectivity index (χ1) is 19.6. The minimum absolute atomic E-state index is 0.0322. The fraction of sp³-hybridized carbons (Fsp3) is 0.567. The third-order valence-electron chi connectivity index (χ3n) is 7.62. The van der Waals surface area contributed by atoms with Gasteiger partial charge in [0.15, 0.2) is 0 Å². The van der Waals surface area contributed by atoms with E-state index in [1.807, 2.05) is 39.0 Å². The van der Waals surface area contributed by atoms with Crippen molar-refractivity contribution in [2.45, 2.75) is 70.9 Å². The first-order valence-electron chi connectivity index (χ1n) is 14.5. The van der Waals surface area contributed by atoms with Crippen molar-refractivity contribution in [2.75, 3.05) is 39.1 Å². The van der Waals surface area contributed by atoms with Gasteiger partial charge in [-0.1, -0.05) is 12.8 Å². The number of pyridine rings is 1. The van der Waals surface area contributed by atoms with E-state index in [-0.39, 0.29) is 18.0 Å². The maximum atomic E-state index is 12.9. The van der Waals surface area contributed by atoms with Crippen molar-refractivity contribution in [3.8, 4) is 5.75 Å². The Hall–Kier alpha value is -3.89. The highest BCUT2D eigenvalue weighted by Gasteiger charge is 2.28. The van der Waals surface area contributed by atoms with Crippen LogP contribution in [0.25, 0.3) is 11.0 Å². The summed E-state index contributed by atoms with van der Waals surface area (Å²) < 4.78 is 13.6. The Bertz CT molecular complexity index is 1370. The second-order valence-corrected chi connectivity index (χ2v) is 12.2. The number of ether oxygens (including phenoxy) is 2. The lowest BCUT2D eigenvalue weighted by atomic mass is 9.98. The molecule has 0 atom stereocenters. The molecule has 220 valence electrons. The summed E-state index contributed by atoms with van der Waals surface area (Å²) >= 11 is 0. The highest BCUT2D eigenvalue weighted by molar-refractivity contribution is 5.97. The van der Waals surface area contributed by atoms with E-state index in [1.54, 1.807) is 36.3 Å². The second-order valence-electron chi connectivity index (χ2n) is 12.2. The van der Waals surface area contributed by atoms with Gasteiger partial charge in [-0.15, -0.1) is 0 Å². The van der Waals surface area contributed by atoms with Crippen LogP contribution in [-0.4, -0.2) is 80.7 Å². The molecule has 0 aromatic carbocycles. The molecule has 4 heterocycles. The summed E-state index contributed by atoms with van der Waals surface area (Å²) in [5, 5.41) is 4.04. The summed E-state index contributed by atoms with van der Waals surface area (Å²) in [6.07, 6.45) is 9.32. The molecular weight excluding hydrogens is 522 g/mol. The summed E-state index contributed by atoms with van der Waals surface area (Å²) in [5.41, 5.74) is 0.927. The molecule has 3 aromatic rings. The Balaban J connectivity index is 1.19. The van der Waals surface area contributed by atoms with E-state index in [9.17, 15) is 9.59 Å². The number of rotatable bonds is 7. The monoisotopic (exact) mass is 563 g/mol. The van der Waals surface area contributed by atoms with E-state index in [2.05, 4.69) is 19.9 Å². The van der Waals surface area contributed by atoms with Gasteiger partial charge in [-0.05, 0) is 70.6 Å². The predicted molar refractivity (Wildman–Crippen MR) is 157 cm³/mol. The fourth-order valence-corrected chi connectivity index (χ4v) is 5.47. The Morgan fingerprint density at radius 2 is 1.78 bits per heavy atom. The highest BCUT2D eigenvalue weighted by Crippen LogP contribution is 2.35. The smallest absolute Gasteiger partial charge is 0.410 e. The number of nitrogens with one attached hydrogen (secondary N) is 1. The number of carbonyl (C=O) groups excluding carboxylic acids is 2. The lowest BCUT2D eigenvalue weighted by Gasteiger charge is -2.33. The molecule has 11 heteroatoms. The minimum atomic E-state index is -0.485. The first-order valence-corrected chi connectivity index (χ1v) is 14.5. The van der Waals surface area contributed by atoms with E-state index < -0.39 is 5.60 Å². The number of fused-ring (bicyclic) bond motifs is 1. The van der Waals surface area contributed by atoms with Gasteiger partial charge in [0.2, 0.25) is 5.95 Å².